The third-order valence-electron chi connectivity index (χ3n) is 2.68. The highest BCUT2D eigenvalue weighted by Crippen LogP contribution is 2.26. The number of amides is 3. The summed E-state index contributed by atoms with van der Waals surface area (Å²) < 4.78 is 0. The zero-order chi connectivity index (χ0) is 15.6. The van der Waals surface area contributed by atoms with Crippen LogP contribution < -0.4 is 10.6 Å². The largest absolute Gasteiger partial charge is 0.326 e. The fourth-order valence-corrected chi connectivity index (χ4v) is 2.06. The van der Waals surface area contributed by atoms with E-state index < -0.39 is 34.4 Å². The number of benzene rings is 1. The lowest BCUT2D eigenvalue weighted by atomic mass is 9.92. The second kappa shape index (κ2) is 6.07. The second-order valence-corrected chi connectivity index (χ2v) is 4.67. The zero-order valence-electron chi connectivity index (χ0n) is 10.4. The van der Waals surface area contributed by atoms with Crippen molar-refractivity contribution < 1.29 is 19.2 Å². The molecule has 0 aromatic heterocycles. The van der Waals surface area contributed by atoms with Crippen LogP contribution >= 0.6 is 23.2 Å². The summed E-state index contributed by atoms with van der Waals surface area (Å²) in [7, 11) is 0. The number of carbonyl (C=O) groups excluding carboxylic acids is 4. The van der Waals surface area contributed by atoms with Gasteiger partial charge in [0.25, 0.3) is 0 Å². The van der Waals surface area contributed by atoms with Gasteiger partial charge < -0.3 is 5.32 Å². The van der Waals surface area contributed by atoms with E-state index in [1.54, 1.807) is 12.1 Å². The number of rotatable bonds is 2. The van der Waals surface area contributed by atoms with Crippen molar-refractivity contribution in [2.45, 2.75) is 0 Å². The van der Waals surface area contributed by atoms with Gasteiger partial charge in [-0.3, -0.25) is 19.7 Å². The van der Waals surface area contributed by atoms with Crippen molar-refractivity contribution in [1.29, 1.82) is 0 Å². The number of fused-ring (bicyclic) bond motifs is 1. The van der Waals surface area contributed by atoms with Gasteiger partial charge in [-0.1, -0.05) is 35.9 Å². The first-order valence-corrected chi connectivity index (χ1v) is 6.62. The van der Waals surface area contributed by atoms with E-state index in [2.05, 4.69) is 5.32 Å². The van der Waals surface area contributed by atoms with E-state index in [-0.39, 0.29) is 16.8 Å². The quantitative estimate of drug-likeness (QED) is 0.807. The molecule has 0 aliphatic heterocycles. The highest BCUT2D eigenvalue weighted by atomic mass is 35.5. The average molecular weight is 327 g/mol. The van der Waals surface area contributed by atoms with Gasteiger partial charge >= 0.3 is 6.03 Å². The lowest BCUT2D eigenvalue weighted by Crippen LogP contribution is -2.42. The Labute approximate surface area is 129 Å². The molecule has 0 atom stereocenters. The van der Waals surface area contributed by atoms with Crippen molar-refractivity contribution in [2.24, 2.45) is 0 Å². The van der Waals surface area contributed by atoms with Crippen LogP contribution in [-0.4, -0.2) is 29.4 Å². The lowest BCUT2D eigenvalue weighted by Gasteiger charge is -2.18. The molecule has 0 unspecified atom stereocenters. The number of nitrogens with one attached hydrogen (secondary N) is 2. The van der Waals surface area contributed by atoms with Gasteiger partial charge in [0.1, 0.15) is 16.6 Å². The molecule has 0 saturated heterocycles. The van der Waals surface area contributed by atoms with Crippen molar-refractivity contribution in [1.82, 2.24) is 10.6 Å². The monoisotopic (exact) mass is 326 g/mol. The molecule has 0 bridgehead atoms. The molecule has 21 heavy (non-hydrogen) atoms. The number of Topliss-reactive ketones (excluding diaryl/α,β-unsaturated/α-hetero) is 2. The summed E-state index contributed by atoms with van der Waals surface area (Å²) in [4.78, 5) is 46.8. The van der Waals surface area contributed by atoms with Gasteiger partial charge in [-0.2, -0.15) is 0 Å². The van der Waals surface area contributed by atoms with Gasteiger partial charge in [-0.15, -0.1) is 11.6 Å². The number of imide groups is 1. The van der Waals surface area contributed by atoms with Crippen LogP contribution in [0.1, 0.15) is 20.7 Å². The van der Waals surface area contributed by atoms with Gasteiger partial charge in [0.15, 0.2) is 0 Å². The van der Waals surface area contributed by atoms with E-state index >= 15 is 0 Å². The number of hydrogen-bond donors (Lipinski definition) is 2. The van der Waals surface area contributed by atoms with Crippen molar-refractivity contribution in [3.8, 4) is 0 Å². The number of carbonyl (C=O) groups is 4. The van der Waals surface area contributed by atoms with Crippen LogP contribution in [-0.2, 0) is 4.79 Å². The first-order valence-electron chi connectivity index (χ1n) is 5.70. The summed E-state index contributed by atoms with van der Waals surface area (Å²) in [6, 6.07) is 5.10. The zero-order valence-corrected chi connectivity index (χ0v) is 11.9. The van der Waals surface area contributed by atoms with E-state index in [1.165, 1.54) is 12.1 Å². The summed E-state index contributed by atoms with van der Waals surface area (Å²) >= 11 is 11.1. The van der Waals surface area contributed by atoms with Gasteiger partial charge in [0.05, 0.1) is 0 Å². The molecule has 1 aliphatic rings. The molecule has 0 fully saturated rings. The molecule has 2 N–H and O–H groups in total. The maximum atomic E-state index is 12.2. The van der Waals surface area contributed by atoms with Gasteiger partial charge in [0.2, 0.25) is 17.5 Å². The van der Waals surface area contributed by atoms with Gasteiger partial charge in [-0.05, 0) is 0 Å². The van der Waals surface area contributed by atoms with E-state index in [4.69, 9.17) is 23.2 Å². The Balaban J connectivity index is 2.30. The number of ketones is 2. The molecule has 0 radical (unpaired) electrons. The molecule has 1 aromatic carbocycles. The third kappa shape index (κ3) is 2.96. The van der Waals surface area contributed by atoms with Crippen molar-refractivity contribution >= 4 is 46.7 Å². The topological polar surface area (TPSA) is 92.3 Å². The normalized spacial score (nSPS) is 13.8. The van der Waals surface area contributed by atoms with Crippen LogP contribution in [0.2, 0.25) is 0 Å². The van der Waals surface area contributed by atoms with Crippen LogP contribution in [0.3, 0.4) is 0 Å². The predicted molar refractivity (Wildman–Crippen MR) is 75.4 cm³/mol. The molecule has 1 aliphatic carbocycles. The van der Waals surface area contributed by atoms with Crippen molar-refractivity contribution in [3.63, 3.8) is 0 Å². The summed E-state index contributed by atoms with van der Waals surface area (Å²) in [6.45, 7) is 0. The van der Waals surface area contributed by atoms with E-state index in [0.717, 1.165) is 0 Å². The molecule has 1 aromatic rings. The summed E-state index contributed by atoms with van der Waals surface area (Å²) in [5.41, 5.74) is -0.0820. The van der Waals surface area contributed by atoms with Gasteiger partial charge in [-0.25, -0.2) is 4.79 Å². The van der Waals surface area contributed by atoms with E-state index in [1.807, 2.05) is 5.32 Å². The molecule has 0 saturated carbocycles. The second-order valence-electron chi connectivity index (χ2n) is 4.03. The Kier molecular flexibility index (Phi) is 4.40. The van der Waals surface area contributed by atoms with Crippen LogP contribution in [0.5, 0.6) is 0 Å². The van der Waals surface area contributed by atoms with Crippen LogP contribution in [0.25, 0.3) is 0 Å². The molecule has 2 rings (SSSR count). The number of alkyl halides is 1. The average Bonchev–Trinajstić information content (AvgIpc) is 2.49. The molecule has 108 valence electrons. The third-order valence-corrected chi connectivity index (χ3v) is 3.28. The van der Waals surface area contributed by atoms with Crippen LogP contribution in [0.15, 0.2) is 35.0 Å². The minimum Gasteiger partial charge on any atom is -0.303 e. The highest BCUT2D eigenvalue weighted by molar-refractivity contribution is 6.50. The van der Waals surface area contributed by atoms with Crippen molar-refractivity contribution in [3.05, 3.63) is 46.1 Å². The fraction of sp³-hybridized carbons (Fsp3) is 0.0769. The summed E-state index contributed by atoms with van der Waals surface area (Å²) in [6.07, 6.45) is 0. The maximum Gasteiger partial charge on any atom is 0.326 e. The molecular weight excluding hydrogens is 319 g/mol. The minimum absolute atomic E-state index is 0.130. The molecule has 3 amide bonds. The predicted octanol–water partition coefficient (Wildman–Crippen LogP) is 1.58. The molecular formula is C13H8Cl2N2O4. The Morgan fingerprint density at radius 2 is 1.62 bits per heavy atom. The maximum absolute atomic E-state index is 12.2. The van der Waals surface area contributed by atoms with Crippen LogP contribution in [0, 0.1) is 0 Å². The van der Waals surface area contributed by atoms with E-state index in [9.17, 15) is 19.2 Å². The molecule has 0 heterocycles. The smallest absolute Gasteiger partial charge is 0.303 e. The Morgan fingerprint density at radius 3 is 2.19 bits per heavy atom. The summed E-state index contributed by atoms with van der Waals surface area (Å²) in [5, 5.41) is 3.57. The SMILES string of the molecule is O=C(CCl)NC(=O)NC1=C(Cl)C(=O)c2ccccc2C1=O. The number of allylic oxidation sites excluding steroid dienone is 2. The Morgan fingerprint density at radius 1 is 1.05 bits per heavy atom. The van der Waals surface area contributed by atoms with Crippen molar-refractivity contribution in [2.75, 3.05) is 5.88 Å². The van der Waals surface area contributed by atoms with Crippen LogP contribution in [0.4, 0.5) is 4.79 Å². The summed E-state index contributed by atoms with van der Waals surface area (Å²) in [5.74, 6) is -2.36. The lowest BCUT2D eigenvalue weighted by molar-refractivity contribution is -0.117. The number of halogens is 2. The first kappa shape index (κ1) is 15.2. The Hall–Kier alpha value is -2.18. The minimum atomic E-state index is -0.991. The van der Waals surface area contributed by atoms with Gasteiger partial charge in [0, 0.05) is 11.1 Å². The molecule has 0 spiro atoms. The molecule has 8 heteroatoms. The first-order chi connectivity index (χ1) is 9.95. The number of hydrogen-bond acceptors (Lipinski definition) is 4. The Bertz CT molecular complexity index is 697. The number of urea groups is 1. The standard InChI is InChI=1S/C13H8Cl2N2O4/c14-5-8(18)16-13(21)17-10-9(15)11(19)6-3-1-2-4-7(6)12(10)20/h1-4H,5H2,(H2,16,17,18,21). The molecule has 6 nitrogen and oxygen atoms in total. The van der Waals surface area contributed by atoms with E-state index in [0.29, 0.717) is 0 Å². The fourth-order valence-electron chi connectivity index (χ4n) is 1.76. The highest BCUT2D eigenvalue weighted by Gasteiger charge is 2.32.